The maximum atomic E-state index is 5.13. The van der Waals surface area contributed by atoms with Gasteiger partial charge >= 0.3 is 0 Å². The van der Waals surface area contributed by atoms with Crippen molar-refractivity contribution in [3.63, 3.8) is 0 Å². The number of aromatic nitrogens is 1. The second-order valence-electron chi connectivity index (χ2n) is 3.56. The van der Waals surface area contributed by atoms with Crippen LogP contribution in [0.1, 0.15) is 15.2 Å². The first-order valence-corrected chi connectivity index (χ1v) is 5.81. The number of rotatable bonds is 1. The van der Waals surface area contributed by atoms with Gasteiger partial charge in [-0.25, -0.2) is 4.98 Å². The van der Waals surface area contributed by atoms with Crippen LogP contribution in [0, 0.1) is 0 Å². The lowest BCUT2D eigenvalue weighted by molar-refractivity contribution is 0.308. The quantitative estimate of drug-likeness (QED) is 0.586. The summed E-state index contributed by atoms with van der Waals surface area (Å²) in [5.74, 6) is 0.718. The van der Waals surface area contributed by atoms with Crippen molar-refractivity contribution in [2.45, 2.75) is 10.5 Å². The van der Waals surface area contributed by atoms with Gasteiger partial charge in [0.15, 0.2) is 0 Å². The highest BCUT2D eigenvalue weighted by Gasteiger charge is 2.22. The van der Waals surface area contributed by atoms with E-state index in [4.69, 9.17) is 4.74 Å². The number of hydrogen-bond donors (Lipinski definition) is 0. The monoisotopic (exact) mass is 304 g/mol. The van der Waals surface area contributed by atoms with Gasteiger partial charge in [-0.15, -0.1) is 0 Å². The molecule has 2 rings (SSSR count). The SMILES string of the molecule is COc1ccc2c(n1)C(I)CN(C)C2. The van der Waals surface area contributed by atoms with Crippen LogP contribution in [-0.4, -0.2) is 30.6 Å². The van der Waals surface area contributed by atoms with Gasteiger partial charge in [0.1, 0.15) is 0 Å². The minimum absolute atomic E-state index is 0.469. The Bertz CT molecular complexity index is 343. The third-order valence-electron chi connectivity index (χ3n) is 2.40. The summed E-state index contributed by atoms with van der Waals surface area (Å²) < 4.78 is 5.60. The first kappa shape index (κ1) is 10.2. The van der Waals surface area contributed by atoms with E-state index in [1.165, 1.54) is 11.3 Å². The summed E-state index contributed by atoms with van der Waals surface area (Å²) in [6.07, 6.45) is 0. The Morgan fingerprint density at radius 2 is 2.36 bits per heavy atom. The molecule has 0 N–H and O–H groups in total. The van der Waals surface area contributed by atoms with Crippen molar-refractivity contribution in [2.24, 2.45) is 0 Å². The molecule has 1 unspecified atom stereocenters. The number of likely N-dealkylation sites (N-methyl/N-ethyl adjacent to an activating group) is 1. The fourth-order valence-corrected chi connectivity index (χ4v) is 2.93. The van der Waals surface area contributed by atoms with Crippen LogP contribution < -0.4 is 4.74 Å². The summed E-state index contributed by atoms with van der Waals surface area (Å²) in [7, 11) is 3.80. The highest BCUT2D eigenvalue weighted by atomic mass is 127. The molecule has 0 aliphatic carbocycles. The fraction of sp³-hybridized carbons (Fsp3) is 0.500. The minimum Gasteiger partial charge on any atom is -0.481 e. The van der Waals surface area contributed by atoms with Gasteiger partial charge in [-0.2, -0.15) is 0 Å². The molecule has 1 aliphatic heterocycles. The first-order valence-electron chi connectivity index (χ1n) is 4.57. The zero-order chi connectivity index (χ0) is 10.1. The Kier molecular flexibility index (Phi) is 2.92. The Morgan fingerprint density at radius 3 is 3.07 bits per heavy atom. The molecule has 0 amide bonds. The summed E-state index contributed by atoms with van der Waals surface area (Å²) in [6, 6.07) is 4.05. The topological polar surface area (TPSA) is 25.4 Å². The Labute approximate surface area is 97.6 Å². The zero-order valence-corrected chi connectivity index (χ0v) is 10.5. The highest BCUT2D eigenvalue weighted by Crippen LogP contribution is 2.32. The number of halogens is 1. The number of pyridine rings is 1. The summed E-state index contributed by atoms with van der Waals surface area (Å²) in [6.45, 7) is 2.06. The third-order valence-corrected chi connectivity index (χ3v) is 3.39. The lowest BCUT2D eigenvalue weighted by atomic mass is 10.1. The number of ether oxygens (including phenoxy) is 1. The predicted molar refractivity (Wildman–Crippen MR) is 63.9 cm³/mol. The molecule has 76 valence electrons. The Balaban J connectivity index is 2.39. The molecule has 0 fully saturated rings. The van der Waals surface area contributed by atoms with E-state index in [2.05, 4.69) is 45.6 Å². The Morgan fingerprint density at radius 1 is 1.57 bits per heavy atom. The van der Waals surface area contributed by atoms with Gasteiger partial charge in [0.2, 0.25) is 5.88 Å². The van der Waals surface area contributed by atoms with Crippen molar-refractivity contribution >= 4 is 22.6 Å². The molecule has 2 heterocycles. The van der Waals surface area contributed by atoms with Crippen molar-refractivity contribution in [1.82, 2.24) is 9.88 Å². The van der Waals surface area contributed by atoms with Crippen molar-refractivity contribution in [3.05, 3.63) is 23.4 Å². The molecular formula is C10H13IN2O. The minimum atomic E-state index is 0.469. The molecule has 1 aromatic rings. The number of alkyl halides is 1. The molecule has 0 aromatic carbocycles. The molecular weight excluding hydrogens is 291 g/mol. The molecule has 0 saturated heterocycles. The van der Waals surface area contributed by atoms with Gasteiger partial charge in [0.25, 0.3) is 0 Å². The second kappa shape index (κ2) is 4.02. The van der Waals surface area contributed by atoms with E-state index in [1.807, 2.05) is 6.07 Å². The second-order valence-corrected chi connectivity index (χ2v) is 5.07. The van der Waals surface area contributed by atoms with Crippen molar-refractivity contribution in [1.29, 1.82) is 0 Å². The van der Waals surface area contributed by atoms with E-state index in [0.29, 0.717) is 3.92 Å². The molecule has 4 heteroatoms. The Hall–Kier alpha value is -0.360. The van der Waals surface area contributed by atoms with E-state index in [0.717, 1.165) is 19.0 Å². The first-order chi connectivity index (χ1) is 6.70. The molecule has 0 bridgehead atoms. The van der Waals surface area contributed by atoms with Crippen LogP contribution in [0.3, 0.4) is 0 Å². The molecule has 14 heavy (non-hydrogen) atoms. The smallest absolute Gasteiger partial charge is 0.213 e. The van der Waals surface area contributed by atoms with Crippen LogP contribution in [0.25, 0.3) is 0 Å². The van der Waals surface area contributed by atoms with Crippen LogP contribution in [0.5, 0.6) is 5.88 Å². The third kappa shape index (κ3) is 1.86. The maximum Gasteiger partial charge on any atom is 0.213 e. The average Bonchev–Trinajstić information content (AvgIpc) is 2.17. The van der Waals surface area contributed by atoms with Crippen LogP contribution in [0.4, 0.5) is 0 Å². The van der Waals surface area contributed by atoms with Crippen molar-refractivity contribution in [2.75, 3.05) is 20.7 Å². The molecule has 0 saturated carbocycles. The van der Waals surface area contributed by atoms with Crippen molar-refractivity contribution in [3.8, 4) is 5.88 Å². The lowest BCUT2D eigenvalue weighted by Crippen LogP contribution is -2.28. The summed E-state index contributed by atoms with van der Waals surface area (Å²) in [5, 5.41) is 0. The lowest BCUT2D eigenvalue weighted by Gasteiger charge is -2.28. The number of nitrogens with zero attached hydrogens (tertiary/aromatic N) is 2. The summed E-state index contributed by atoms with van der Waals surface area (Å²) in [5.41, 5.74) is 2.50. The average molecular weight is 304 g/mol. The molecule has 1 aliphatic rings. The summed E-state index contributed by atoms with van der Waals surface area (Å²) in [4.78, 5) is 6.80. The van der Waals surface area contributed by atoms with Gasteiger partial charge in [-0.3, -0.25) is 0 Å². The maximum absolute atomic E-state index is 5.13. The van der Waals surface area contributed by atoms with Crippen molar-refractivity contribution < 1.29 is 4.74 Å². The van der Waals surface area contributed by atoms with Crippen LogP contribution in [0.2, 0.25) is 0 Å². The van der Waals surface area contributed by atoms with Gasteiger partial charge in [-0.05, 0) is 12.6 Å². The number of methoxy groups -OCH3 is 1. The van der Waals surface area contributed by atoms with E-state index in [-0.39, 0.29) is 0 Å². The molecule has 0 spiro atoms. The zero-order valence-electron chi connectivity index (χ0n) is 8.33. The van der Waals surface area contributed by atoms with Gasteiger partial charge in [-0.1, -0.05) is 28.7 Å². The number of fused-ring (bicyclic) bond motifs is 1. The van der Waals surface area contributed by atoms with E-state index >= 15 is 0 Å². The number of hydrogen-bond acceptors (Lipinski definition) is 3. The normalized spacial score (nSPS) is 21.8. The highest BCUT2D eigenvalue weighted by molar-refractivity contribution is 14.1. The van der Waals surface area contributed by atoms with Gasteiger partial charge in [0, 0.05) is 19.2 Å². The van der Waals surface area contributed by atoms with Gasteiger partial charge in [0.05, 0.1) is 16.7 Å². The fourth-order valence-electron chi connectivity index (χ4n) is 1.72. The van der Waals surface area contributed by atoms with E-state index in [1.54, 1.807) is 7.11 Å². The van der Waals surface area contributed by atoms with Crippen LogP contribution in [0.15, 0.2) is 12.1 Å². The summed E-state index contributed by atoms with van der Waals surface area (Å²) >= 11 is 2.44. The van der Waals surface area contributed by atoms with E-state index in [9.17, 15) is 0 Å². The van der Waals surface area contributed by atoms with Crippen LogP contribution in [-0.2, 0) is 6.54 Å². The molecule has 3 nitrogen and oxygen atoms in total. The molecule has 1 aromatic heterocycles. The standard InChI is InChI=1S/C10H13IN2O/c1-13-5-7-3-4-9(14-2)12-10(7)8(11)6-13/h3-4,8H,5-6H2,1-2H3. The van der Waals surface area contributed by atoms with E-state index < -0.39 is 0 Å². The van der Waals surface area contributed by atoms with Gasteiger partial charge < -0.3 is 9.64 Å². The molecule has 1 atom stereocenters. The molecule has 0 radical (unpaired) electrons. The van der Waals surface area contributed by atoms with Crippen LogP contribution >= 0.6 is 22.6 Å². The predicted octanol–water partition coefficient (Wildman–Crippen LogP) is 2.01. The largest absolute Gasteiger partial charge is 0.481 e.